The van der Waals surface area contributed by atoms with Gasteiger partial charge >= 0.3 is 0 Å². The van der Waals surface area contributed by atoms with Gasteiger partial charge in [0.1, 0.15) is 5.88 Å². The van der Waals surface area contributed by atoms with Gasteiger partial charge in [-0.3, -0.25) is 5.01 Å². The molecule has 0 saturated carbocycles. The van der Waals surface area contributed by atoms with Crippen molar-refractivity contribution in [3.05, 3.63) is 5.88 Å². The predicted molar refractivity (Wildman–Crippen MR) is 28.1 cm³/mol. The van der Waals surface area contributed by atoms with Crippen LogP contribution in [0.2, 0.25) is 0 Å². The minimum atomic E-state index is 1.59. The Labute approximate surface area is 41.2 Å². The SMILES string of the molecule is CN1[CH]SC=N1. The molecule has 0 amide bonds. The van der Waals surface area contributed by atoms with Gasteiger partial charge in [-0.05, 0) is 0 Å². The summed E-state index contributed by atoms with van der Waals surface area (Å²) in [5.41, 5.74) is 1.79. The maximum atomic E-state index is 3.85. The van der Waals surface area contributed by atoms with Gasteiger partial charge in [-0.1, -0.05) is 11.8 Å². The first-order chi connectivity index (χ1) is 2.89. The largest absolute Gasteiger partial charge is 0.283 e. The van der Waals surface area contributed by atoms with Crippen molar-refractivity contribution in [3.8, 4) is 0 Å². The van der Waals surface area contributed by atoms with Crippen LogP contribution in [0.4, 0.5) is 0 Å². The minimum absolute atomic E-state index is 1.59. The number of hydrogen-bond donors (Lipinski definition) is 0. The highest BCUT2D eigenvalue weighted by molar-refractivity contribution is 8.14. The van der Waals surface area contributed by atoms with Crippen molar-refractivity contribution >= 4 is 17.3 Å². The van der Waals surface area contributed by atoms with E-state index in [1.165, 1.54) is 0 Å². The summed E-state index contributed by atoms with van der Waals surface area (Å²) < 4.78 is 0. The second-order valence-corrected chi connectivity index (χ2v) is 1.73. The first-order valence-corrected chi connectivity index (χ1v) is 2.58. The summed E-state index contributed by atoms with van der Waals surface area (Å²) in [4.78, 5) is 0. The Kier molecular flexibility index (Phi) is 1.01. The lowest BCUT2D eigenvalue weighted by atomic mass is 11.2. The molecule has 1 aliphatic heterocycles. The van der Waals surface area contributed by atoms with E-state index in [1.807, 2.05) is 12.9 Å². The Morgan fingerprint density at radius 3 is 2.83 bits per heavy atom. The molecule has 1 rings (SSSR count). The molecule has 0 spiro atoms. The van der Waals surface area contributed by atoms with E-state index in [0.29, 0.717) is 0 Å². The van der Waals surface area contributed by atoms with E-state index in [-0.39, 0.29) is 0 Å². The Bertz CT molecular complexity index is 71.2. The summed E-state index contributed by atoms with van der Waals surface area (Å²) >= 11 is 1.59. The predicted octanol–water partition coefficient (Wildman–Crippen LogP) is 0.728. The molecule has 6 heavy (non-hydrogen) atoms. The summed E-state index contributed by atoms with van der Waals surface area (Å²) in [5, 5.41) is 5.62. The second-order valence-electron chi connectivity index (χ2n) is 1.04. The fourth-order valence-electron chi connectivity index (χ4n) is 0.244. The molecule has 0 atom stereocenters. The van der Waals surface area contributed by atoms with Gasteiger partial charge in [0.2, 0.25) is 0 Å². The van der Waals surface area contributed by atoms with E-state index in [4.69, 9.17) is 0 Å². The summed E-state index contributed by atoms with van der Waals surface area (Å²) in [6, 6.07) is 0. The molecule has 0 saturated heterocycles. The van der Waals surface area contributed by atoms with Crippen LogP contribution in [0.25, 0.3) is 0 Å². The maximum Gasteiger partial charge on any atom is 0.129 e. The van der Waals surface area contributed by atoms with Crippen LogP contribution in [0.15, 0.2) is 5.10 Å². The molecule has 0 aromatic rings. The Morgan fingerprint density at radius 1 is 1.83 bits per heavy atom. The molecule has 3 heteroatoms. The molecular weight excluding hydrogens is 96.1 g/mol. The number of nitrogens with zero attached hydrogens (tertiary/aromatic N) is 2. The summed E-state index contributed by atoms with van der Waals surface area (Å²) in [7, 11) is 1.90. The summed E-state index contributed by atoms with van der Waals surface area (Å²) in [5.74, 6) is 1.93. The molecule has 0 unspecified atom stereocenters. The van der Waals surface area contributed by atoms with Gasteiger partial charge in [-0.2, -0.15) is 5.10 Å². The second kappa shape index (κ2) is 1.51. The molecule has 1 aliphatic rings. The van der Waals surface area contributed by atoms with Gasteiger partial charge in [0.25, 0.3) is 0 Å². The number of thioether (sulfide) groups is 1. The Balaban J connectivity index is 2.38. The average molecular weight is 101 g/mol. The van der Waals surface area contributed by atoms with Crippen LogP contribution in [0.1, 0.15) is 0 Å². The molecule has 1 heterocycles. The van der Waals surface area contributed by atoms with Crippen molar-refractivity contribution in [2.75, 3.05) is 7.05 Å². The normalized spacial score (nSPS) is 19.8. The standard InChI is InChI=1S/C3H5N2S/c1-5-3-6-2-4-5/h2-3H,1H3. The number of hydrogen-bond acceptors (Lipinski definition) is 3. The summed E-state index contributed by atoms with van der Waals surface area (Å²) in [6.07, 6.45) is 0. The van der Waals surface area contributed by atoms with Gasteiger partial charge in [0.05, 0.1) is 5.55 Å². The van der Waals surface area contributed by atoms with E-state index >= 15 is 0 Å². The highest BCUT2D eigenvalue weighted by atomic mass is 32.2. The molecule has 0 aliphatic carbocycles. The fourth-order valence-corrected chi connectivity index (χ4v) is 0.732. The van der Waals surface area contributed by atoms with E-state index < -0.39 is 0 Å². The van der Waals surface area contributed by atoms with Crippen LogP contribution in [0, 0.1) is 5.88 Å². The molecule has 2 nitrogen and oxygen atoms in total. The van der Waals surface area contributed by atoms with Crippen LogP contribution < -0.4 is 0 Å². The van der Waals surface area contributed by atoms with Crippen LogP contribution in [0.3, 0.4) is 0 Å². The summed E-state index contributed by atoms with van der Waals surface area (Å²) in [6.45, 7) is 0. The zero-order chi connectivity index (χ0) is 4.41. The minimum Gasteiger partial charge on any atom is -0.283 e. The van der Waals surface area contributed by atoms with Crippen molar-refractivity contribution in [1.29, 1.82) is 0 Å². The third-order valence-corrected chi connectivity index (χ3v) is 1.15. The van der Waals surface area contributed by atoms with Crippen LogP contribution >= 0.6 is 11.8 Å². The van der Waals surface area contributed by atoms with Crippen LogP contribution in [-0.2, 0) is 0 Å². The average Bonchev–Trinajstić information content (AvgIpc) is 1.86. The van der Waals surface area contributed by atoms with Crippen molar-refractivity contribution in [2.45, 2.75) is 0 Å². The quantitative estimate of drug-likeness (QED) is 0.447. The molecule has 0 fully saturated rings. The lowest BCUT2D eigenvalue weighted by molar-refractivity contribution is 0.481. The Hall–Kier alpha value is -0.180. The molecule has 1 radical (unpaired) electrons. The van der Waals surface area contributed by atoms with E-state index in [9.17, 15) is 0 Å². The lowest BCUT2D eigenvalue weighted by Gasteiger charge is -1.98. The van der Waals surface area contributed by atoms with E-state index in [1.54, 1.807) is 22.3 Å². The topological polar surface area (TPSA) is 15.6 Å². The van der Waals surface area contributed by atoms with Crippen molar-refractivity contribution in [3.63, 3.8) is 0 Å². The van der Waals surface area contributed by atoms with Crippen LogP contribution in [0.5, 0.6) is 0 Å². The van der Waals surface area contributed by atoms with E-state index in [2.05, 4.69) is 5.10 Å². The monoisotopic (exact) mass is 101 g/mol. The highest BCUT2D eigenvalue weighted by Crippen LogP contribution is 2.11. The molecule has 0 aromatic carbocycles. The smallest absolute Gasteiger partial charge is 0.129 e. The van der Waals surface area contributed by atoms with Gasteiger partial charge in [0.15, 0.2) is 0 Å². The fraction of sp³-hybridized carbons (Fsp3) is 0.333. The third kappa shape index (κ3) is 0.653. The zero-order valence-electron chi connectivity index (χ0n) is 3.46. The number of hydrazone groups is 1. The zero-order valence-corrected chi connectivity index (χ0v) is 4.27. The van der Waals surface area contributed by atoms with E-state index in [0.717, 1.165) is 0 Å². The highest BCUT2D eigenvalue weighted by Gasteiger charge is 1.96. The van der Waals surface area contributed by atoms with Crippen molar-refractivity contribution in [2.24, 2.45) is 5.10 Å². The van der Waals surface area contributed by atoms with Gasteiger partial charge < -0.3 is 0 Å². The molecule has 33 valence electrons. The molecule has 0 bridgehead atoms. The first kappa shape index (κ1) is 3.99. The van der Waals surface area contributed by atoms with Crippen molar-refractivity contribution < 1.29 is 0 Å². The Morgan fingerprint density at radius 2 is 2.67 bits per heavy atom. The maximum absolute atomic E-state index is 3.85. The van der Waals surface area contributed by atoms with Gasteiger partial charge in [0, 0.05) is 7.05 Å². The van der Waals surface area contributed by atoms with Gasteiger partial charge in [-0.25, -0.2) is 0 Å². The third-order valence-electron chi connectivity index (χ3n) is 0.504. The number of rotatable bonds is 0. The van der Waals surface area contributed by atoms with Crippen LogP contribution in [-0.4, -0.2) is 17.6 Å². The molecule has 0 N–H and O–H groups in total. The van der Waals surface area contributed by atoms with Gasteiger partial charge in [-0.15, -0.1) is 0 Å². The lowest BCUT2D eigenvalue weighted by Crippen LogP contribution is -1.96. The molecule has 0 aromatic heterocycles. The first-order valence-electron chi connectivity index (χ1n) is 1.64. The van der Waals surface area contributed by atoms with Crippen molar-refractivity contribution in [1.82, 2.24) is 5.01 Å². The molecular formula is C3H5N2S.